The zero-order valence-corrected chi connectivity index (χ0v) is 22.2. The van der Waals surface area contributed by atoms with Crippen molar-refractivity contribution >= 4 is 38.3 Å². The van der Waals surface area contributed by atoms with E-state index in [1.165, 1.54) is 45.0 Å². The minimum atomic E-state index is -2.05. The second-order valence-electron chi connectivity index (χ2n) is 7.22. The summed E-state index contributed by atoms with van der Waals surface area (Å²) in [5.41, 5.74) is 3.07. The maximum atomic E-state index is 2.64. The molecule has 2 unspecified atom stereocenters. The van der Waals surface area contributed by atoms with E-state index in [0.29, 0.717) is 0 Å². The quantitative estimate of drug-likeness (QED) is 0.336. The van der Waals surface area contributed by atoms with E-state index in [2.05, 4.69) is 73.1 Å². The van der Waals surface area contributed by atoms with E-state index in [1.807, 2.05) is 3.28 Å². The van der Waals surface area contributed by atoms with Gasteiger partial charge in [0.2, 0.25) is 0 Å². The van der Waals surface area contributed by atoms with Gasteiger partial charge in [0.15, 0.2) is 0 Å². The molecule has 0 radical (unpaired) electrons. The average molecular weight is 477 g/mol. The van der Waals surface area contributed by atoms with Gasteiger partial charge in [0.25, 0.3) is 0 Å². The molecule has 0 aromatic heterocycles. The van der Waals surface area contributed by atoms with Crippen LogP contribution in [-0.2, 0) is 19.4 Å². The van der Waals surface area contributed by atoms with Crippen molar-refractivity contribution < 1.29 is 19.4 Å². The zero-order chi connectivity index (χ0) is 16.7. The van der Waals surface area contributed by atoms with E-state index >= 15 is 0 Å². The topological polar surface area (TPSA) is 0 Å². The first-order valence-corrected chi connectivity index (χ1v) is 22.7. The number of benzene rings is 1. The molecule has 3 rings (SSSR count). The summed E-state index contributed by atoms with van der Waals surface area (Å²) in [5.74, 6) is 0. The molecular weight excluding hydrogens is 442 g/mol. The van der Waals surface area contributed by atoms with Crippen molar-refractivity contribution in [1.29, 1.82) is 0 Å². The van der Waals surface area contributed by atoms with Crippen molar-refractivity contribution in [3.8, 4) is 0 Å². The Labute approximate surface area is 173 Å². The number of hydrogen-bond acceptors (Lipinski definition) is 0. The molecule has 1 aromatic carbocycles. The molecule has 0 aliphatic heterocycles. The molecular formula is C21H34Cl2SiZr. The van der Waals surface area contributed by atoms with Gasteiger partial charge < -0.3 is 0 Å². The Balaban J connectivity index is 0.000000633. The van der Waals surface area contributed by atoms with Gasteiger partial charge in [0.1, 0.15) is 0 Å². The van der Waals surface area contributed by atoms with Crippen LogP contribution in [0.4, 0.5) is 0 Å². The molecule has 1 aromatic rings. The molecule has 0 saturated carbocycles. The van der Waals surface area contributed by atoms with Gasteiger partial charge in [-0.15, -0.1) is 24.8 Å². The monoisotopic (exact) mass is 474 g/mol. The van der Waals surface area contributed by atoms with Crippen LogP contribution in [0.2, 0.25) is 4.63 Å². The van der Waals surface area contributed by atoms with E-state index in [9.17, 15) is 0 Å². The summed E-state index contributed by atoms with van der Waals surface area (Å²) in [5, 5.41) is 0. The molecule has 0 N–H and O–H groups in total. The Kier molecular flexibility index (Phi) is 12.6. The van der Waals surface area contributed by atoms with Crippen LogP contribution in [-0.4, -0.2) is 7.37 Å². The number of halogens is 2. The molecule has 2 aliphatic carbocycles. The number of hydrogen-bond donors (Lipinski definition) is 0. The van der Waals surface area contributed by atoms with Gasteiger partial charge in [-0.2, -0.15) is 0 Å². The second-order valence-corrected chi connectivity index (χ2v) is 31.1. The van der Waals surface area contributed by atoms with Crippen molar-refractivity contribution in [3.05, 3.63) is 63.0 Å². The Hall–Kier alpha value is 0.120. The van der Waals surface area contributed by atoms with Crippen molar-refractivity contribution in [2.45, 2.75) is 54.2 Å². The minimum absolute atomic E-state index is 0. The fourth-order valence-electron chi connectivity index (χ4n) is 3.50. The number of fused-ring (bicyclic) bond motifs is 1. The third-order valence-electron chi connectivity index (χ3n) is 5.13. The first-order chi connectivity index (χ1) is 11.1. The van der Waals surface area contributed by atoms with E-state index in [-0.39, 0.29) is 24.8 Å². The molecule has 0 amide bonds. The molecule has 0 saturated heterocycles. The third kappa shape index (κ3) is 6.65. The Morgan fingerprint density at radius 2 is 1.72 bits per heavy atom. The van der Waals surface area contributed by atoms with Crippen molar-refractivity contribution in [1.82, 2.24) is 0 Å². The summed E-state index contributed by atoms with van der Waals surface area (Å²) in [6.45, 7) is 4.46. The molecule has 4 heteroatoms. The van der Waals surface area contributed by atoms with E-state index < -0.39 is 19.4 Å². The summed E-state index contributed by atoms with van der Waals surface area (Å²) < 4.78 is 5.24. The van der Waals surface area contributed by atoms with Gasteiger partial charge in [-0.1, -0.05) is 39.5 Å². The van der Waals surface area contributed by atoms with Gasteiger partial charge >= 0.3 is 111 Å². The van der Waals surface area contributed by atoms with Crippen molar-refractivity contribution in [2.24, 2.45) is 0 Å². The fourth-order valence-corrected chi connectivity index (χ4v) is 16.5. The summed E-state index contributed by atoms with van der Waals surface area (Å²) in [6, 6.07) is 8.96. The Bertz CT molecular complexity index is 602. The van der Waals surface area contributed by atoms with Gasteiger partial charge in [0.05, 0.1) is 0 Å². The van der Waals surface area contributed by atoms with Gasteiger partial charge in [-0.05, 0) is 0 Å². The molecule has 0 nitrogen and oxygen atoms in total. The standard InChI is InChI=1S/C9H7.C6H14.C5H5.CH3.2ClH.H3Si.Zr/c1-2-5-9-7-3-6-8(9)4-1;1-3-5-6-4-2;1-2-4-5-3-1;;;;;/h1-7H;3-6H2,1-2H3;1-3H,4H2;1H3;2*1H;1H3;. The van der Waals surface area contributed by atoms with Gasteiger partial charge in [-0.3, -0.25) is 0 Å². The maximum absolute atomic E-state index is 2.64. The number of allylic oxidation sites excluding steroid dienone is 5. The van der Waals surface area contributed by atoms with Crippen LogP contribution in [0.5, 0.6) is 0 Å². The van der Waals surface area contributed by atoms with Crippen LogP contribution in [0, 0.1) is 0 Å². The SMILES string of the molecule is CCCCCC.Cl.Cl.[CH3][Zr]([SiH3])([C]1=CC=CC1)[CH]1C=Cc2ccccc21. The molecule has 2 atom stereocenters. The van der Waals surface area contributed by atoms with Crippen molar-refractivity contribution in [3.63, 3.8) is 0 Å². The van der Waals surface area contributed by atoms with E-state index in [0.717, 1.165) is 3.63 Å². The van der Waals surface area contributed by atoms with E-state index in [4.69, 9.17) is 0 Å². The predicted octanol–water partition coefficient (Wildman–Crippen LogP) is 6.51. The number of rotatable bonds is 5. The van der Waals surface area contributed by atoms with E-state index in [1.54, 1.807) is 5.56 Å². The van der Waals surface area contributed by atoms with Crippen LogP contribution in [0.1, 0.15) is 60.7 Å². The molecule has 0 bridgehead atoms. The molecule has 0 fully saturated rings. The molecule has 140 valence electrons. The van der Waals surface area contributed by atoms with Crippen LogP contribution in [0.25, 0.3) is 6.08 Å². The average Bonchev–Trinajstić information content (AvgIpc) is 3.23. The third-order valence-corrected chi connectivity index (χ3v) is 22.7. The fraction of sp³-hybridized carbons (Fsp3) is 0.429. The summed E-state index contributed by atoms with van der Waals surface area (Å²) in [7, 11) is 1.40. The van der Waals surface area contributed by atoms with Crippen LogP contribution < -0.4 is 0 Å². The van der Waals surface area contributed by atoms with Crippen LogP contribution in [0.3, 0.4) is 0 Å². The normalized spacial score (nSPS) is 19.0. The molecule has 2 aliphatic rings. The van der Waals surface area contributed by atoms with Crippen LogP contribution >= 0.6 is 24.8 Å². The van der Waals surface area contributed by atoms with Crippen LogP contribution in [0.15, 0.2) is 51.9 Å². The predicted molar refractivity (Wildman–Crippen MR) is 120 cm³/mol. The van der Waals surface area contributed by atoms with Gasteiger partial charge in [-0.25, -0.2) is 0 Å². The summed E-state index contributed by atoms with van der Waals surface area (Å²) >= 11 is -2.05. The van der Waals surface area contributed by atoms with Gasteiger partial charge in [0, 0.05) is 0 Å². The molecule has 0 spiro atoms. The summed E-state index contributed by atoms with van der Waals surface area (Å²) in [6.07, 6.45) is 18.6. The molecule has 25 heavy (non-hydrogen) atoms. The Morgan fingerprint density at radius 1 is 1.08 bits per heavy atom. The first-order valence-electron chi connectivity index (χ1n) is 9.24. The van der Waals surface area contributed by atoms with Crippen molar-refractivity contribution in [2.75, 3.05) is 0 Å². The number of unbranched alkanes of at least 4 members (excludes halogenated alkanes) is 3. The molecule has 0 heterocycles. The summed E-state index contributed by atoms with van der Waals surface area (Å²) in [4.78, 5) is 0. The zero-order valence-electron chi connectivity index (χ0n) is 16.1. The second kappa shape index (κ2) is 12.5. The Morgan fingerprint density at radius 3 is 2.28 bits per heavy atom. The first kappa shape index (κ1) is 25.1.